The van der Waals surface area contributed by atoms with Crippen LogP contribution in [0, 0.1) is 0 Å². The molecule has 0 fully saturated rings. The molecular formula is C19H33IN4O4. The van der Waals surface area contributed by atoms with E-state index in [1.165, 1.54) is 0 Å². The summed E-state index contributed by atoms with van der Waals surface area (Å²) < 4.78 is 16.3. The number of para-hydroxylation sites is 2. The first-order valence-electron chi connectivity index (χ1n) is 8.96. The van der Waals surface area contributed by atoms with E-state index in [2.05, 4.69) is 20.9 Å². The number of nitrogens with one attached hydrogen (secondary N) is 3. The van der Waals surface area contributed by atoms with Crippen LogP contribution in [0.4, 0.5) is 4.79 Å². The molecule has 1 atom stereocenters. The third-order valence-electron chi connectivity index (χ3n) is 3.26. The number of guanidine groups is 1. The maximum Gasteiger partial charge on any atom is 0.407 e. The smallest absolute Gasteiger partial charge is 0.407 e. The molecule has 0 heterocycles. The minimum atomic E-state index is -0.507. The summed E-state index contributed by atoms with van der Waals surface area (Å²) in [4.78, 5) is 15.7. The van der Waals surface area contributed by atoms with E-state index in [4.69, 9.17) is 14.2 Å². The molecule has 8 nitrogen and oxygen atoms in total. The van der Waals surface area contributed by atoms with Crippen molar-refractivity contribution in [3.8, 4) is 11.5 Å². The molecule has 0 aromatic heterocycles. The van der Waals surface area contributed by atoms with Crippen LogP contribution in [-0.4, -0.2) is 57.5 Å². The number of carbonyl (C=O) groups is 1. The Morgan fingerprint density at radius 3 is 2.29 bits per heavy atom. The van der Waals surface area contributed by atoms with E-state index in [-0.39, 0.29) is 30.1 Å². The van der Waals surface area contributed by atoms with Gasteiger partial charge in [0.25, 0.3) is 0 Å². The second kappa shape index (κ2) is 13.3. The molecule has 28 heavy (non-hydrogen) atoms. The van der Waals surface area contributed by atoms with Crippen molar-refractivity contribution < 1.29 is 19.0 Å². The molecule has 0 radical (unpaired) electrons. The van der Waals surface area contributed by atoms with Crippen molar-refractivity contribution in [3.63, 3.8) is 0 Å². The Bertz CT molecular complexity index is 620. The van der Waals surface area contributed by atoms with Crippen LogP contribution < -0.4 is 25.4 Å². The molecule has 0 bridgehead atoms. The average Bonchev–Trinajstić information content (AvgIpc) is 2.60. The van der Waals surface area contributed by atoms with Crippen molar-refractivity contribution in [2.45, 2.75) is 39.4 Å². The summed E-state index contributed by atoms with van der Waals surface area (Å²) in [7, 11) is 3.30. The number of hydrogen-bond donors (Lipinski definition) is 3. The van der Waals surface area contributed by atoms with Gasteiger partial charge in [-0.15, -0.1) is 24.0 Å². The first kappa shape index (κ1) is 26.1. The lowest BCUT2D eigenvalue weighted by molar-refractivity contribution is 0.0529. The fraction of sp³-hybridized carbons (Fsp3) is 0.579. The van der Waals surface area contributed by atoms with Gasteiger partial charge in [0.1, 0.15) is 11.7 Å². The van der Waals surface area contributed by atoms with Crippen molar-refractivity contribution in [3.05, 3.63) is 24.3 Å². The normalized spacial score (nSPS) is 12.3. The molecule has 1 amide bonds. The molecular weight excluding hydrogens is 475 g/mol. The van der Waals surface area contributed by atoms with Gasteiger partial charge < -0.3 is 30.2 Å². The van der Waals surface area contributed by atoms with Gasteiger partial charge in [0.2, 0.25) is 0 Å². The molecule has 0 saturated heterocycles. The minimum absolute atomic E-state index is 0. The number of ether oxygens (including phenoxy) is 3. The fourth-order valence-electron chi connectivity index (χ4n) is 2.10. The van der Waals surface area contributed by atoms with Gasteiger partial charge in [-0.2, -0.15) is 0 Å². The van der Waals surface area contributed by atoms with Gasteiger partial charge in [0.15, 0.2) is 17.5 Å². The van der Waals surface area contributed by atoms with Crippen molar-refractivity contribution >= 4 is 36.0 Å². The van der Waals surface area contributed by atoms with Crippen LogP contribution in [0.15, 0.2) is 29.3 Å². The highest BCUT2D eigenvalue weighted by atomic mass is 127. The second-order valence-corrected chi connectivity index (χ2v) is 6.89. The number of aliphatic imine (C=N–C) groups is 1. The predicted octanol–water partition coefficient (Wildman–Crippen LogP) is 2.77. The van der Waals surface area contributed by atoms with E-state index < -0.39 is 11.7 Å². The molecule has 1 rings (SSSR count). The van der Waals surface area contributed by atoms with Crippen LogP contribution in [-0.2, 0) is 4.74 Å². The largest absolute Gasteiger partial charge is 0.493 e. The Morgan fingerprint density at radius 1 is 1.11 bits per heavy atom. The zero-order valence-corrected chi connectivity index (χ0v) is 19.8. The summed E-state index contributed by atoms with van der Waals surface area (Å²) in [6.45, 7) is 8.91. The number of rotatable bonds is 8. The third kappa shape index (κ3) is 11.1. The number of nitrogens with zero attached hydrogens (tertiary/aromatic N) is 1. The van der Waals surface area contributed by atoms with Gasteiger partial charge >= 0.3 is 6.09 Å². The number of methoxy groups -OCH3 is 1. The molecule has 0 spiro atoms. The Hall–Kier alpha value is -1.91. The van der Waals surface area contributed by atoms with E-state index in [0.29, 0.717) is 37.1 Å². The highest BCUT2D eigenvalue weighted by Gasteiger charge is 2.15. The van der Waals surface area contributed by atoms with E-state index in [0.717, 1.165) is 0 Å². The topological polar surface area (TPSA) is 93.2 Å². The maximum atomic E-state index is 11.6. The lowest BCUT2D eigenvalue weighted by Crippen LogP contribution is -2.44. The summed E-state index contributed by atoms with van der Waals surface area (Å²) in [5, 5.41) is 8.98. The predicted molar refractivity (Wildman–Crippen MR) is 122 cm³/mol. The molecule has 1 aromatic carbocycles. The number of benzene rings is 1. The summed E-state index contributed by atoms with van der Waals surface area (Å²) in [5.41, 5.74) is -0.507. The Morgan fingerprint density at radius 2 is 1.71 bits per heavy atom. The summed E-state index contributed by atoms with van der Waals surface area (Å²) in [6.07, 6.45) is -0.536. The Labute approximate surface area is 184 Å². The first-order valence-corrected chi connectivity index (χ1v) is 8.96. The number of alkyl carbamates (subject to hydrolysis) is 1. The Kier molecular flexibility index (Phi) is 12.4. The minimum Gasteiger partial charge on any atom is -0.493 e. The van der Waals surface area contributed by atoms with E-state index >= 15 is 0 Å². The van der Waals surface area contributed by atoms with E-state index in [1.54, 1.807) is 14.2 Å². The number of hydrogen-bond acceptors (Lipinski definition) is 5. The van der Waals surface area contributed by atoms with E-state index in [1.807, 2.05) is 52.0 Å². The SMILES string of the molecule is CN=C(NCCNC(=O)OC(C)(C)C)NCC(C)Oc1ccccc1OC.I. The van der Waals surface area contributed by atoms with Gasteiger partial charge in [-0.05, 0) is 39.8 Å². The molecule has 9 heteroatoms. The van der Waals surface area contributed by atoms with Crippen LogP contribution in [0.2, 0.25) is 0 Å². The lowest BCUT2D eigenvalue weighted by atomic mass is 10.2. The van der Waals surface area contributed by atoms with Crippen molar-refractivity contribution in [2.24, 2.45) is 4.99 Å². The summed E-state index contributed by atoms with van der Waals surface area (Å²) in [5.74, 6) is 2.01. The standard InChI is InChI=1S/C19H32N4O4.HI/c1-14(26-16-10-8-7-9-15(16)25-6)13-23-17(20-5)21-11-12-22-18(24)27-19(2,3)4;/h7-10,14H,11-13H2,1-6H3,(H,22,24)(H2,20,21,23);1H. The monoisotopic (exact) mass is 508 g/mol. The van der Waals surface area contributed by atoms with Gasteiger partial charge in [0, 0.05) is 20.1 Å². The summed E-state index contributed by atoms with van der Waals surface area (Å²) >= 11 is 0. The van der Waals surface area contributed by atoms with Gasteiger partial charge in [-0.3, -0.25) is 4.99 Å². The molecule has 0 aliphatic heterocycles. The van der Waals surface area contributed by atoms with Crippen molar-refractivity contribution in [1.29, 1.82) is 0 Å². The lowest BCUT2D eigenvalue weighted by Gasteiger charge is -2.20. The summed E-state index contributed by atoms with van der Waals surface area (Å²) in [6, 6.07) is 7.51. The van der Waals surface area contributed by atoms with Gasteiger partial charge in [0.05, 0.1) is 13.7 Å². The van der Waals surface area contributed by atoms with Crippen LogP contribution in [0.1, 0.15) is 27.7 Å². The average molecular weight is 508 g/mol. The van der Waals surface area contributed by atoms with Crippen molar-refractivity contribution in [2.75, 3.05) is 33.8 Å². The zero-order chi connectivity index (χ0) is 20.3. The molecule has 0 aliphatic carbocycles. The van der Waals surface area contributed by atoms with Crippen molar-refractivity contribution in [1.82, 2.24) is 16.0 Å². The molecule has 3 N–H and O–H groups in total. The third-order valence-corrected chi connectivity index (χ3v) is 3.26. The number of amides is 1. The fourth-order valence-corrected chi connectivity index (χ4v) is 2.10. The van der Waals surface area contributed by atoms with Crippen LogP contribution in [0.3, 0.4) is 0 Å². The van der Waals surface area contributed by atoms with Gasteiger partial charge in [-0.25, -0.2) is 4.79 Å². The zero-order valence-electron chi connectivity index (χ0n) is 17.5. The highest BCUT2D eigenvalue weighted by molar-refractivity contribution is 14.0. The quantitative estimate of drug-likeness (QED) is 0.217. The second-order valence-electron chi connectivity index (χ2n) is 6.89. The van der Waals surface area contributed by atoms with Gasteiger partial charge in [-0.1, -0.05) is 12.1 Å². The molecule has 160 valence electrons. The maximum absolute atomic E-state index is 11.6. The van der Waals surface area contributed by atoms with Crippen LogP contribution in [0.5, 0.6) is 11.5 Å². The van der Waals surface area contributed by atoms with Crippen LogP contribution in [0.25, 0.3) is 0 Å². The molecule has 1 unspecified atom stereocenters. The molecule has 0 aliphatic rings. The van der Waals surface area contributed by atoms with Crippen LogP contribution >= 0.6 is 24.0 Å². The molecule has 1 aromatic rings. The highest BCUT2D eigenvalue weighted by Crippen LogP contribution is 2.26. The van der Waals surface area contributed by atoms with E-state index in [9.17, 15) is 4.79 Å². The Balaban J connectivity index is 0.00000729. The number of halogens is 1. The first-order chi connectivity index (χ1) is 12.7. The molecule has 0 saturated carbocycles. The number of carbonyl (C=O) groups excluding carboxylic acids is 1.